The number of piperidine rings is 1. The van der Waals surface area contributed by atoms with Crippen LogP contribution in [0.2, 0.25) is 0 Å². The highest BCUT2D eigenvalue weighted by molar-refractivity contribution is 5.72. The average molecular weight is 171 g/mol. The molecule has 0 bridgehead atoms. The molecule has 3 nitrogen and oxygen atoms in total. The summed E-state index contributed by atoms with van der Waals surface area (Å²) in [5.74, 6) is 0.00912. The summed E-state index contributed by atoms with van der Waals surface area (Å²) in [4.78, 5) is 11.1. The van der Waals surface area contributed by atoms with E-state index in [0.29, 0.717) is 6.04 Å². The molecule has 3 heteroatoms. The van der Waals surface area contributed by atoms with Crippen LogP contribution in [0.4, 0.5) is 0 Å². The van der Waals surface area contributed by atoms with Crippen LogP contribution in [0.3, 0.4) is 0 Å². The van der Waals surface area contributed by atoms with Crippen molar-refractivity contribution in [3.8, 4) is 0 Å². The number of hydrogen-bond donors (Lipinski definition) is 1. The number of nitrogens with one attached hydrogen (secondary N) is 1. The smallest absolute Gasteiger partial charge is 0.309 e. The number of hydrogen-bond acceptors (Lipinski definition) is 3. The molecule has 0 aromatic heterocycles. The van der Waals surface area contributed by atoms with Gasteiger partial charge in [0.05, 0.1) is 13.0 Å². The van der Waals surface area contributed by atoms with Gasteiger partial charge in [0.1, 0.15) is 0 Å². The monoisotopic (exact) mass is 171 g/mol. The topological polar surface area (TPSA) is 38.3 Å². The molecular weight excluding hydrogens is 154 g/mol. The molecular formula is C9H17NO2. The lowest BCUT2D eigenvalue weighted by Gasteiger charge is -2.27. The van der Waals surface area contributed by atoms with Gasteiger partial charge in [0.15, 0.2) is 0 Å². The largest absolute Gasteiger partial charge is 0.469 e. The van der Waals surface area contributed by atoms with E-state index in [-0.39, 0.29) is 11.9 Å². The number of esters is 1. The molecule has 0 aliphatic carbocycles. The van der Waals surface area contributed by atoms with Crippen LogP contribution in [0.1, 0.15) is 26.2 Å². The van der Waals surface area contributed by atoms with Gasteiger partial charge in [-0.1, -0.05) is 6.92 Å². The number of ether oxygens (including phenoxy) is 1. The highest BCUT2D eigenvalue weighted by Gasteiger charge is 2.25. The minimum Gasteiger partial charge on any atom is -0.469 e. The third kappa shape index (κ3) is 2.21. The van der Waals surface area contributed by atoms with E-state index in [2.05, 4.69) is 17.0 Å². The minimum atomic E-state index is -0.0722. The lowest BCUT2D eigenvalue weighted by molar-refractivity contribution is -0.146. The quantitative estimate of drug-likeness (QED) is 0.628. The molecule has 0 amide bonds. The Morgan fingerprint density at radius 1 is 1.58 bits per heavy atom. The van der Waals surface area contributed by atoms with E-state index in [4.69, 9.17) is 0 Å². The van der Waals surface area contributed by atoms with Crippen LogP contribution in [0.25, 0.3) is 0 Å². The third-order valence-electron chi connectivity index (χ3n) is 2.54. The Morgan fingerprint density at radius 3 is 2.75 bits per heavy atom. The molecule has 1 aliphatic heterocycles. The van der Waals surface area contributed by atoms with Crippen molar-refractivity contribution in [3.63, 3.8) is 0 Å². The molecule has 2 unspecified atom stereocenters. The molecule has 0 spiro atoms. The molecule has 1 saturated heterocycles. The molecule has 0 aromatic rings. The summed E-state index contributed by atoms with van der Waals surface area (Å²) in [6, 6.07) is 0.603. The van der Waals surface area contributed by atoms with Gasteiger partial charge in [0, 0.05) is 12.6 Å². The van der Waals surface area contributed by atoms with Gasteiger partial charge in [-0.2, -0.15) is 0 Å². The van der Waals surface area contributed by atoms with E-state index in [1.165, 1.54) is 7.11 Å². The van der Waals surface area contributed by atoms with Crippen LogP contribution in [0.5, 0.6) is 0 Å². The van der Waals surface area contributed by atoms with Gasteiger partial charge < -0.3 is 10.1 Å². The second kappa shape index (κ2) is 4.45. The van der Waals surface area contributed by atoms with E-state index in [1.54, 1.807) is 0 Å². The summed E-state index contributed by atoms with van der Waals surface area (Å²) in [5.41, 5.74) is 0. The maximum absolute atomic E-state index is 11.1. The summed E-state index contributed by atoms with van der Waals surface area (Å²) >= 11 is 0. The van der Waals surface area contributed by atoms with Gasteiger partial charge in [0.2, 0.25) is 0 Å². The molecule has 1 fully saturated rings. The van der Waals surface area contributed by atoms with Crippen LogP contribution >= 0.6 is 0 Å². The molecule has 70 valence electrons. The highest BCUT2D eigenvalue weighted by atomic mass is 16.5. The van der Waals surface area contributed by atoms with Gasteiger partial charge in [-0.15, -0.1) is 0 Å². The third-order valence-corrected chi connectivity index (χ3v) is 2.54. The van der Waals surface area contributed by atoms with E-state index in [0.717, 1.165) is 25.8 Å². The predicted molar refractivity (Wildman–Crippen MR) is 46.8 cm³/mol. The van der Waals surface area contributed by atoms with Gasteiger partial charge in [-0.25, -0.2) is 0 Å². The van der Waals surface area contributed by atoms with Crippen LogP contribution in [0, 0.1) is 5.92 Å². The van der Waals surface area contributed by atoms with Crippen molar-refractivity contribution in [1.29, 1.82) is 0 Å². The first-order chi connectivity index (χ1) is 5.77. The van der Waals surface area contributed by atoms with Crippen LogP contribution in [-0.4, -0.2) is 25.7 Å². The zero-order valence-corrected chi connectivity index (χ0v) is 7.80. The van der Waals surface area contributed by atoms with Gasteiger partial charge in [-0.05, 0) is 19.3 Å². The fourth-order valence-corrected chi connectivity index (χ4v) is 1.63. The Kier molecular flexibility index (Phi) is 3.53. The number of carbonyl (C=O) groups excluding carboxylic acids is 1. The van der Waals surface area contributed by atoms with Crippen LogP contribution in [-0.2, 0) is 9.53 Å². The van der Waals surface area contributed by atoms with E-state index >= 15 is 0 Å². The lowest BCUT2D eigenvalue weighted by atomic mass is 9.94. The summed E-state index contributed by atoms with van der Waals surface area (Å²) in [6.45, 7) is 2.95. The van der Waals surface area contributed by atoms with Gasteiger partial charge in [-0.3, -0.25) is 4.79 Å². The van der Waals surface area contributed by atoms with Crippen molar-refractivity contribution < 1.29 is 9.53 Å². The molecule has 2 atom stereocenters. The lowest BCUT2D eigenvalue weighted by Crippen LogP contribution is -2.41. The first-order valence-electron chi connectivity index (χ1n) is 4.59. The number of methoxy groups -OCH3 is 1. The van der Waals surface area contributed by atoms with Gasteiger partial charge in [0.25, 0.3) is 0 Å². The van der Waals surface area contributed by atoms with Gasteiger partial charge >= 0.3 is 5.97 Å². The summed E-state index contributed by atoms with van der Waals surface area (Å²) in [5, 5.41) is 3.33. The maximum atomic E-state index is 11.1. The van der Waals surface area contributed by atoms with Crippen molar-refractivity contribution in [2.75, 3.05) is 13.7 Å². The molecule has 1 rings (SSSR count). The molecule has 1 N–H and O–H groups in total. The van der Waals surface area contributed by atoms with Crippen molar-refractivity contribution in [3.05, 3.63) is 0 Å². The normalized spacial score (nSPS) is 29.8. The average Bonchev–Trinajstić information content (AvgIpc) is 2.17. The van der Waals surface area contributed by atoms with Crippen molar-refractivity contribution in [2.45, 2.75) is 32.2 Å². The van der Waals surface area contributed by atoms with Crippen molar-refractivity contribution in [1.82, 2.24) is 5.32 Å². The first-order valence-corrected chi connectivity index (χ1v) is 4.59. The maximum Gasteiger partial charge on any atom is 0.309 e. The van der Waals surface area contributed by atoms with Crippen LogP contribution < -0.4 is 5.32 Å². The molecule has 0 radical (unpaired) electrons. The summed E-state index contributed by atoms with van der Waals surface area (Å²) in [7, 11) is 1.45. The standard InChI is InChI=1S/C9H17NO2/c1-3-8-5-4-7(6-10-8)9(11)12-2/h7-8,10H,3-6H2,1-2H3. The fourth-order valence-electron chi connectivity index (χ4n) is 1.63. The Balaban J connectivity index is 2.30. The second-order valence-corrected chi connectivity index (χ2v) is 3.31. The van der Waals surface area contributed by atoms with Crippen LogP contribution in [0.15, 0.2) is 0 Å². The minimum absolute atomic E-state index is 0.0722. The van der Waals surface area contributed by atoms with E-state index in [1.807, 2.05) is 0 Å². The highest BCUT2D eigenvalue weighted by Crippen LogP contribution is 2.16. The zero-order chi connectivity index (χ0) is 8.97. The van der Waals surface area contributed by atoms with E-state index < -0.39 is 0 Å². The summed E-state index contributed by atoms with van der Waals surface area (Å²) < 4.78 is 4.68. The fraction of sp³-hybridized carbons (Fsp3) is 0.889. The van der Waals surface area contributed by atoms with Crippen molar-refractivity contribution in [2.24, 2.45) is 5.92 Å². The van der Waals surface area contributed by atoms with E-state index in [9.17, 15) is 4.79 Å². The molecule has 12 heavy (non-hydrogen) atoms. The molecule has 0 aromatic carbocycles. The SMILES string of the molecule is CCC1CCC(C(=O)OC)CN1. The Hall–Kier alpha value is -0.570. The number of rotatable bonds is 2. The Morgan fingerprint density at radius 2 is 2.33 bits per heavy atom. The Labute approximate surface area is 73.5 Å². The molecule has 0 saturated carbocycles. The molecule has 1 aliphatic rings. The second-order valence-electron chi connectivity index (χ2n) is 3.31. The zero-order valence-electron chi connectivity index (χ0n) is 7.80. The van der Waals surface area contributed by atoms with Crippen molar-refractivity contribution >= 4 is 5.97 Å². The molecule has 1 heterocycles. The Bertz CT molecular complexity index is 151. The number of carbonyl (C=O) groups is 1. The first kappa shape index (κ1) is 9.52. The summed E-state index contributed by atoms with van der Waals surface area (Å²) in [6.07, 6.45) is 3.21. The predicted octanol–water partition coefficient (Wildman–Crippen LogP) is 0.938.